The van der Waals surface area contributed by atoms with Crippen LogP contribution in [0.1, 0.15) is 26.3 Å². The van der Waals surface area contributed by atoms with Crippen LogP contribution < -0.4 is 0 Å². The molecule has 0 bridgehead atoms. The van der Waals surface area contributed by atoms with E-state index in [1.807, 2.05) is 6.20 Å². The van der Waals surface area contributed by atoms with E-state index in [0.29, 0.717) is 0 Å². The quantitative estimate of drug-likeness (QED) is 0.455. The highest BCUT2D eigenvalue weighted by atomic mass is 32.1. The molecule has 23 heavy (non-hydrogen) atoms. The first-order valence-electron chi connectivity index (χ1n) is 7.63. The zero-order chi connectivity index (χ0) is 16.0. The molecule has 4 heteroatoms. The second-order valence-corrected chi connectivity index (χ2v) is 8.57. The van der Waals surface area contributed by atoms with Gasteiger partial charge in [0.15, 0.2) is 0 Å². The van der Waals surface area contributed by atoms with Crippen LogP contribution in [0.3, 0.4) is 0 Å². The minimum atomic E-state index is 0.148. The highest BCUT2D eigenvalue weighted by molar-refractivity contribution is 7.26. The maximum absolute atomic E-state index is 4.61. The van der Waals surface area contributed by atoms with Crippen LogP contribution >= 0.6 is 22.7 Å². The number of thiophene rings is 2. The van der Waals surface area contributed by atoms with Gasteiger partial charge in [-0.3, -0.25) is 0 Å². The van der Waals surface area contributed by atoms with E-state index < -0.39 is 0 Å². The number of hydrogen-bond acceptors (Lipinski definition) is 3. The summed E-state index contributed by atoms with van der Waals surface area (Å²) in [6.45, 7) is 6.72. The molecule has 0 saturated heterocycles. The lowest BCUT2D eigenvalue weighted by atomic mass is 9.86. The van der Waals surface area contributed by atoms with Gasteiger partial charge < -0.3 is 4.98 Å². The van der Waals surface area contributed by atoms with Gasteiger partial charge in [-0.15, -0.1) is 22.7 Å². The molecule has 1 aromatic carbocycles. The van der Waals surface area contributed by atoms with Crippen molar-refractivity contribution in [3.63, 3.8) is 0 Å². The minimum Gasteiger partial charge on any atom is -0.338 e. The summed E-state index contributed by atoms with van der Waals surface area (Å²) in [6.07, 6.45) is 1.94. The van der Waals surface area contributed by atoms with E-state index in [-0.39, 0.29) is 5.41 Å². The molecule has 0 unspecified atom stereocenters. The van der Waals surface area contributed by atoms with Gasteiger partial charge in [0, 0.05) is 15.6 Å². The summed E-state index contributed by atoms with van der Waals surface area (Å²) in [5.41, 5.74) is 4.95. The zero-order valence-electron chi connectivity index (χ0n) is 13.4. The number of benzene rings is 1. The van der Waals surface area contributed by atoms with E-state index in [2.05, 4.69) is 71.8 Å². The maximum Gasteiger partial charge on any atom is 0.140 e. The number of nitrogens with zero attached hydrogens (tertiary/aromatic N) is 1. The number of H-pyrrole nitrogens is 1. The van der Waals surface area contributed by atoms with E-state index in [1.165, 1.54) is 26.1 Å². The van der Waals surface area contributed by atoms with Crippen molar-refractivity contribution in [3.05, 3.63) is 52.9 Å². The summed E-state index contributed by atoms with van der Waals surface area (Å²) in [5.74, 6) is 0.954. The van der Waals surface area contributed by atoms with Crippen LogP contribution in [0.25, 0.3) is 32.0 Å². The van der Waals surface area contributed by atoms with Gasteiger partial charge in [0.25, 0.3) is 0 Å². The van der Waals surface area contributed by atoms with Gasteiger partial charge in [-0.2, -0.15) is 0 Å². The predicted molar refractivity (Wildman–Crippen MR) is 101 cm³/mol. The van der Waals surface area contributed by atoms with Crippen molar-refractivity contribution in [1.82, 2.24) is 9.97 Å². The summed E-state index contributed by atoms with van der Waals surface area (Å²) in [5, 5.41) is 4.33. The number of imidazole rings is 1. The SMILES string of the molecule is CC(C)(C)c1cccc(-c2cnc(-c3csc4ccsc34)[nH]2)c1. The summed E-state index contributed by atoms with van der Waals surface area (Å²) in [4.78, 5) is 8.11. The Morgan fingerprint density at radius 1 is 1.09 bits per heavy atom. The van der Waals surface area contributed by atoms with E-state index in [4.69, 9.17) is 0 Å². The maximum atomic E-state index is 4.61. The highest BCUT2D eigenvalue weighted by Gasteiger charge is 2.15. The van der Waals surface area contributed by atoms with Crippen LogP contribution in [0.5, 0.6) is 0 Å². The molecule has 4 aromatic rings. The molecule has 116 valence electrons. The molecule has 4 rings (SSSR count). The molecular weight excluding hydrogens is 320 g/mol. The molecule has 2 nitrogen and oxygen atoms in total. The largest absolute Gasteiger partial charge is 0.338 e. The van der Waals surface area contributed by atoms with Crippen LogP contribution in [0.15, 0.2) is 47.3 Å². The lowest BCUT2D eigenvalue weighted by molar-refractivity contribution is 0.590. The molecule has 0 radical (unpaired) electrons. The molecule has 1 N–H and O–H groups in total. The Bertz CT molecular complexity index is 967. The summed E-state index contributed by atoms with van der Waals surface area (Å²) in [7, 11) is 0. The second kappa shape index (κ2) is 5.32. The van der Waals surface area contributed by atoms with Crippen molar-refractivity contribution in [3.8, 4) is 22.6 Å². The van der Waals surface area contributed by atoms with Crippen LogP contribution in [0.4, 0.5) is 0 Å². The lowest BCUT2D eigenvalue weighted by Gasteiger charge is -2.19. The molecular formula is C19H18N2S2. The van der Waals surface area contributed by atoms with Gasteiger partial charge in [0.2, 0.25) is 0 Å². The fourth-order valence-electron chi connectivity index (χ4n) is 2.68. The van der Waals surface area contributed by atoms with Crippen LogP contribution in [-0.4, -0.2) is 9.97 Å². The highest BCUT2D eigenvalue weighted by Crippen LogP contribution is 2.37. The smallest absolute Gasteiger partial charge is 0.140 e. The van der Waals surface area contributed by atoms with Crippen LogP contribution in [0, 0.1) is 0 Å². The number of nitrogens with one attached hydrogen (secondary N) is 1. The van der Waals surface area contributed by atoms with Crippen molar-refractivity contribution in [1.29, 1.82) is 0 Å². The first-order chi connectivity index (χ1) is 11.0. The third-order valence-corrected chi connectivity index (χ3v) is 6.07. The molecule has 0 amide bonds. The lowest BCUT2D eigenvalue weighted by Crippen LogP contribution is -2.10. The van der Waals surface area contributed by atoms with Crippen molar-refractivity contribution in [2.75, 3.05) is 0 Å². The van der Waals surface area contributed by atoms with Crippen molar-refractivity contribution in [2.24, 2.45) is 0 Å². The van der Waals surface area contributed by atoms with Crippen molar-refractivity contribution >= 4 is 32.1 Å². The molecule has 0 aliphatic heterocycles. The Kier molecular flexibility index (Phi) is 3.39. The van der Waals surface area contributed by atoms with Crippen molar-refractivity contribution in [2.45, 2.75) is 26.2 Å². The van der Waals surface area contributed by atoms with E-state index >= 15 is 0 Å². The Labute approximate surface area is 143 Å². The molecule has 0 aliphatic rings. The summed E-state index contributed by atoms with van der Waals surface area (Å²) < 4.78 is 2.65. The summed E-state index contributed by atoms with van der Waals surface area (Å²) in [6, 6.07) is 10.9. The molecule has 0 aliphatic carbocycles. The molecule has 0 saturated carbocycles. The van der Waals surface area contributed by atoms with Gasteiger partial charge in [0.1, 0.15) is 5.82 Å². The Morgan fingerprint density at radius 3 is 2.78 bits per heavy atom. The third kappa shape index (κ3) is 2.62. The average molecular weight is 339 g/mol. The molecule has 0 atom stereocenters. The number of rotatable bonds is 2. The normalized spacial score (nSPS) is 12.1. The number of hydrogen-bond donors (Lipinski definition) is 1. The van der Waals surface area contributed by atoms with E-state index in [0.717, 1.165) is 11.5 Å². The number of aromatic nitrogens is 2. The molecule has 3 aromatic heterocycles. The van der Waals surface area contributed by atoms with Gasteiger partial charge in [-0.25, -0.2) is 4.98 Å². The van der Waals surface area contributed by atoms with Crippen LogP contribution in [0.2, 0.25) is 0 Å². The van der Waals surface area contributed by atoms with Gasteiger partial charge in [0.05, 0.1) is 16.6 Å². The monoisotopic (exact) mass is 338 g/mol. The Balaban J connectivity index is 1.75. The standard InChI is InChI=1S/C19H18N2S2/c1-19(2,3)13-6-4-5-12(9-13)15-10-20-18(21-15)14-11-23-16-7-8-22-17(14)16/h4-11H,1-3H3,(H,20,21). The Hall–Kier alpha value is -1.91. The fraction of sp³-hybridized carbons (Fsp3) is 0.211. The zero-order valence-corrected chi connectivity index (χ0v) is 15.0. The third-order valence-electron chi connectivity index (χ3n) is 4.05. The Morgan fingerprint density at radius 2 is 1.96 bits per heavy atom. The first kappa shape index (κ1) is 14.7. The summed E-state index contributed by atoms with van der Waals surface area (Å²) >= 11 is 3.55. The predicted octanol–water partition coefficient (Wildman–Crippen LogP) is 6.32. The number of aromatic amines is 1. The fourth-order valence-corrected chi connectivity index (χ4v) is 4.78. The number of fused-ring (bicyclic) bond motifs is 1. The van der Waals surface area contributed by atoms with Gasteiger partial charge in [-0.05, 0) is 34.1 Å². The van der Waals surface area contributed by atoms with Gasteiger partial charge >= 0.3 is 0 Å². The molecule has 0 spiro atoms. The van der Waals surface area contributed by atoms with Crippen molar-refractivity contribution < 1.29 is 0 Å². The van der Waals surface area contributed by atoms with Gasteiger partial charge in [-0.1, -0.05) is 39.0 Å². The van der Waals surface area contributed by atoms with Crippen LogP contribution in [-0.2, 0) is 5.41 Å². The average Bonchev–Trinajstić information content (AvgIpc) is 3.22. The second-order valence-electron chi connectivity index (χ2n) is 6.74. The molecule has 3 heterocycles. The van der Waals surface area contributed by atoms with E-state index in [9.17, 15) is 0 Å². The van der Waals surface area contributed by atoms with E-state index in [1.54, 1.807) is 22.7 Å². The minimum absolute atomic E-state index is 0.148. The first-order valence-corrected chi connectivity index (χ1v) is 9.39. The topological polar surface area (TPSA) is 28.7 Å². The molecule has 0 fully saturated rings.